The highest BCUT2D eigenvalue weighted by molar-refractivity contribution is 7.99. The number of methoxy groups -OCH3 is 1. The predicted molar refractivity (Wildman–Crippen MR) is 137 cm³/mol. The molecule has 8 heteroatoms. The van der Waals surface area contributed by atoms with Gasteiger partial charge in [0.25, 0.3) is 5.91 Å². The Balaban J connectivity index is 1.33. The SMILES string of the molecule is COc1cccc(CNC(=O)COC(=O)CSc2nc3ccccc3n2Cc2ccccc2C)c1. The van der Waals surface area contributed by atoms with Gasteiger partial charge in [0.2, 0.25) is 0 Å². The van der Waals surface area contributed by atoms with Crippen LogP contribution in [0, 0.1) is 6.92 Å². The molecule has 0 aliphatic heterocycles. The number of ether oxygens (including phenoxy) is 2. The molecule has 0 fully saturated rings. The van der Waals surface area contributed by atoms with Crippen LogP contribution in [-0.4, -0.2) is 40.9 Å². The van der Waals surface area contributed by atoms with Crippen LogP contribution in [0.15, 0.2) is 78.0 Å². The third-order valence-electron chi connectivity index (χ3n) is 5.52. The molecule has 1 heterocycles. The van der Waals surface area contributed by atoms with Gasteiger partial charge in [0.05, 0.1) is 30.4 Å². The topological polar surface area (TPSA) is 82.4 Å². The van der Waals surface area contributed by atoms with Gasteiger partial charge >= 0.3 is 5.97 Å². The van der Waals surface area contributed by atoms with Gasteiger partial charge in [0, 0.05) is 6.54 Å². The van der Waals surface area contributed by atoms with E-state index in [1.165, 1.54) is 22.9 Å². The molecule has 4 aromatic rings. The van der Waals surface area contributed by atoms with Crippen LogP contribution >= 0.6 is 11.8 Å². The number of aromatic nitrogens is 2. The Bertz CT molecular complexity index is 1340. The monoisotopic (exact) mass is 489 g/mol. The van der Waals surface area contributed by atoms with E-state index >= 15 is 0 Å². The Morgan fingerprint density at radius 1 is 1.03 bits per heavy atom. The fourth-order valence-corrected chi connectivity index (χ4v) is 4.43. The molecule has 1 amide bonds. The zero-order valence-corrected chi connectivity index (χ0v) is 20.5. The first-order valence-electron chi connectivity index (χ1n) is 11.2. The van der Waals surface area contributed by atoms with Crippen molar-refractivity contribution in [2.24, 2.45) is 0 Å². The minimum atomic E-state index is -0.471. The van der Waals surface area contributed by atoms with Crippen molar-refractivity contribution in [1.29, 1.82) is 0 Å². The molecule has 35 heavy (non-hydrogen) atoms. The second kappa shape index (κ2) is 11.6. The van der Waals surface area contributed by atoms with E-state index in [0.717, 1.165) is 21.8 Å². The number of nitrogens with zero attached hydrogens (tertiary/aromatic N) is 2. The minimum absolute atomic E-state index is 0.0558. The Morgan fingerprint density at radius 3 is 2.66 bits per heavy atom. The lowest BCUT2D eigenvalue weighted by molar-refractivity contribution is -0.145. The van der Waals surface area contributed by atoms with E-state index in [4.69, 9.17) is 14.5 Å². The predicted octanol–water partition coefficient (Wildman–Crippen LogP) is 4.35. The van der Waals surface area contributed by atoms with E-state index in [9.17, 15) is 9.59 Å². The highest BCUT2D eigenvalue weighted by Crippen LogP contribution is 2.26. The summed E-state index contributed by atoms with van der Waals surface area (Å²) in [4.78, 5) is 29.2. The van der Waals surface area contributed by atoms with Gasteiger partial charge in [0.1, 0.15) is 5.75 Å². The highest BCUT2D eigenvalue weighted by Gasteiger charge is 2.15. The molecule has 0 saturated carbocycles. The zero-order chi connectivity index (χ0) is 24.6. The molecule has 1 aromatic heterocycles. The Hall–Kier alpha value is -3.78. The normalized spacial score (nSPS) is 10.8. The van der Waals surface area contributed by atoms with Crippen molar-refractivity contribution in [3.63, 3.8) is 0 Å². The Kier molecular flexibility index (Phi) is 8.05. The Morgan fingerprint density at radius 2 is 1.83 bits per heavy atom. The van der Waals surface area contributed by atoms with Crippen molar-refractivity contribution in [3.8, 4) is 5.75 Å². The second-order valence-electron chi connectivity index (χ2n) is 7.97. The summed E-state index contributed by atoms with van der Waals surface area (Å²) in [5.41, 5.74) is 5.15. The van der Waals surface area contributed by atoms with Crippen LogP contribution in [0.1, 0.15) is 16.7 Å². The minimum Gasteiger partial charge on any atom is -0.497 e. The molecular formula is C27H27N3O4S. The molecule has 4 rings (SSSR count). The molecule has 0 aliphatic carbocycles. The van der Waals surface area contributed by atoms with Crippen molar-refractivity contribution in [2.45, 2.75) is 25.2 Å². The average molecular weight is 490 g/mol. The number of fused-ring (bicyclic) bond motifs is 1. The lowest BCUT2D eigenvalue weighted by atomic mass is 10.1. The molecule has 1 N–H and O–H groups in total. The third kappa shape index (κ3) is 6.42. The number of thioether (sulfide) groups is 1. The van der Waals surface area contributed by atoms with Gasteiger partial charge < -0.3 is 19.4 Å². The van der Waals surface area contributed by atoms with Crippen molar-refractivity contribution in [3.05, 3.63) is 89.5 Å². The van der Waals surface area contributed by atoms with Crippen molar-refractivity contribution < 1.29 is 19.1 Å². The van der Waals surface area contributed by atoms with Crippen molar-refractivity contribution >= 4 is 34.7 Å². The number of carbonyl (C=O) groups is 2. The van der Waals surface area contributed by atoms with Crippen LogP contribution in [0.3, 0.4) is 0 Å². The smallest absolute Gasteiger partial charge is 0.316 e. The first-order valence-corrected chi connectivity index (χ1v) is 12.2. The quantitative estimate of drug-likeness (QED) is 0.263. The molecule has 0 radical (unpaired) electrons. The van der Waals surface area contributed by atoms with E-state index < -0.39 is 5.97 Å². The second-order valence-corrected chi connectivity index (χ2v) is 8.92. The molecule has 180 valence electrons. The number of para-hydroxylation sites is 2. The highest BCUT2D eigenvalue weighted by atomic mass is 32.2. The fraction of sp³-hybridized carbons (Fsp3) is 0.222. The first-order chi connectivity index (χ1) is 17.0. The molecule has 3 aromatic carbocycles. The van der Waals surface area contributed by atoms with Crippen molar-refractivity contribution in [1.82, 2.24) is 14.9 Å². The zero-order valence-electron chi connectivity index (χ0n) is 19.7. The molecule has 0 saturated heterocycles. The largest absolute Gasteiger partial charge is 0.497 e. The summed E-state index contributed by atoms with van der Waals surface area (Å²) in [6.07, 6.45) is 0. The van der Waals surface area contributed by atoms with Crippen LogP contribution in [0.4, 0.5) is 0 Å². The van der Waals surface area contributed by atoms with E-state index in [2.05, 4.69) is 28.9 Å². The number of benzene rings is 3. The van der Waals surface area contributed by atoms with E-state index in [0.29, 0.717) is 18.8 Å². The van der Waals surface area contributed by atoms with Gasteiger partial charge in [-0.25, -0.2) is 4.98 Å². The van der Waals surface area contributed by atoms with E-state index in [1.54, 1.807) is 7.11 Å². The molecule has 0 bridgehead atoms. The van der Waals surface area contributed by atoms with Gasteiger partial charge in [-0.15, -0.1) is 0 Å². The summed E-state index contributed by atoms with van der Waals surface area (Å²) < 4.78 is 12.5. The summed E-state index contributed by atoms with van der Waals surface area (Å²) in [6, 6.07) is 23.5. The summed E-state index contributed by atoms with van der Waals surface area (Å²) in [5, 5.41) is 3.47. The van der Waals surface area contributed by atoms with E-state index in [1.807, 2.05) is 60.7 Å². The summed E-state index contributed by atoms with van der Waals surface area (Å²) in [5.74, 6) is -0.0621. The van der Waals surface area contributed by atoms with Crippen molar-refractivity contribution in [2.75, 3.05) is 19.5 Å². The molecule has 0 aliphatic rings. The summed E-state index contributed by atoms with van der Waals surface area (Å²) in [6.45, 7) is 2.73. The van der Waals surface area contributed by atoms with E-state index in [-0.39, 0.29) is 18.3 Å². The standard InChI is InChI=1S/C27H27N3O4S/c1-19-8-3-4-10-21(19)16-30-24-13-6-5-12-23(24)29-27(30)35-18-26(32)34-17-25(31)28-15-20-9-7-11-22(14-20)33-2/h3-14H,15-18H2,1-2H3,(H,28,31). The van der Waals surface area contributed by atoms with Gasteiger partial charge in [-0.05, 0) is 47.9 Å². The maximum absolute atomic E-state index is 12.3. The van der Waals surface area contributed by atoms with Crippen LogP contribution in [0.2, 0.25) is 0 Å². The maximum Gasteiger partial charge on any atom is 0.316 e. The number of aryl methyl sites for hydroxylation is 1. The molecule has 7 nitrogen and oxygen atoms in total. The van der Waals surface area contributed by atoms with Crippen LogP contribution in [-0.2, 0) is 27.4 Å². The van der Waals surface area contributed by atoms with Gasteiger partial charge in [-0.3, -0.25) is 9.59 Å². The van der Waals surface area contributed by atoms with Crippen LogP contribution in [0.5, 0.6) is 5.75 Å². The Labute approximate surface area is 208 Å². The maximum atomic E-state index is 12.3. The first kappa shape index (κ1) is 24.3. The number of esters is 1. The van der Waals surface area contributed by atoms with Crippen LogP contribution in [0.25, 0.3) is 11.0 Å². The number of nitrogens with one attached hydrogen (secondary N) is 1. The van der Waals surface area contributed by atoms with Gasteiger partial charge in [0.15, 0.2) is 11.8 Å². The summed E-state index contributed by atoms with van der Waals surface area (Å²) in [7, 11) is 1.59. The third-order valence-corrected chi connectivity index (χ3v) is 6.47. The molecule has 0 spiro atoms. The number of hydrogen-bond acceptors (Lipinski definition) is 6. The van der Waals surface area contributed by atoms with Crippen LogP contribution < -0.4 is 10.1 Å². The number of amides is 1. The molecule has 0 unspecified atom stereocenters. The van der Waals surface area contributed by atoms with Gasteiger partial charge in [-0.2, -0.15) is 0 Å². The number of hydrogen-bond donors (Lipinski definition) is 1. The number of rotatable bonds is 10. The average Bonchev–Trinajstić information content (AvgIpc) is 3.23. The lowest BCUT2D eigenvalue weighted by Gasteiger charge is -2.11. The lowest BCUT2D eigenvalue weighted by Crippen LogP contribution is -2.28. The number of imidazole rings is 1. The van der Waals surface area contributed by atoms with Gasteiger partial charge in [-0.1, -0.05) is 60.3 Å². The number of carbonyl (C=O) groups excluding carboxylic acids is 2. The summed E-state index contributed by atoms with van der Waals surface area (Å²) >= 11 is 1.30. The molecule has 0 atom stereocenters. The fourth-order valence-electron chi connectivity index (χ4n) is 3.62. The molecular weight excluding hydrogens is 462 g/mol.